The smallest absolute Gasteiger partial charge is 0.245 e. The predicted octanol–water partition coefficient (Wildman–Crippen LogP) is 2.05. The fourth-order valence-corrected chi connectivity index (χ4v) is 0.490. The zero-order valence-electron chi connectivity index (χ0n) is 7.92. The van der Waals surface area contributed by atoms with Gasteiger partial charge in [-0.2, -0.15) is 0 Å². The standard InChI is InChI=1S/C6H13NO2.C2H6/c1-3-4-5-6(8)7(2)9;1-2/h9H,3-5H2,1-2H3;1-2H3. The van der Waals surface area contributed by atoms with Crippen LogP contribution in [0.4, 0.5) is 0 Å². The molecule has 1 amide bonds. The molecule has 0 aromatic rings. The third kappa shape index (κ3) is 9.43. The fraction of sp³-hybridized carbons (Fsp3) is 0.875. The molecule has 0 spiro atoms. The Morgan fingerprint density at radius 2 is 1.91 bits per heavy atom. The van der Waals surface area contributed by atoms with Crippen molar-refractivity contribution in [1.29, 1.82) is 0 Å². The van der Waals surface area contributed by atoms with Crippen molar-refractivity contribution in [3.8, 4) is 0 Å². The molecule has 1 N–H and O–H groups in total. The first-order valence-electron chi connectivity index (χ1n) is 4.14. The van der Waals surface area contributed by atoms with Crippen LogP contribution in [-0.4, -0.2) is 23.2 Å². The topological polar surface area (TPSA) is 40.5 Å². The monoisotopic (exact) mass is 161 g/mol. The highest BCUT2D eigenvalue weighted by molar-refractivity contribution is 5.74. The van der Waals surface area contributed by atoms with Crippen molar-refractivity contribution in [2.45, 2.75) is 40.0 Å². The first-order valence-corrected chi connectivity index (χ1v) is 4.14. The highest BCUT2D eigenvalue weighted by Gasteiger charge is 2.02. The first-order chi connectivity index (χ1) is 5.18. The van der Waals surface area contributed by atoms with E-state index in [9.17, 15) is 4.79 Å². The van der Waals surface area contributed by atoms with E-state index in [4.69, 9.17) is 5.21 Å². The maximum absolute atomic E-state index is 10.6. The average molecular weight is 161 g/mol. The van der Waals surface area contributed by atoms with E-state index >= 15 is 0 Å². The lowest BCUT2D eigenvalue weighted by molar-refractivity contribution is -0.159. The van der Waals surface area contributed by atoms with Crippen LogP contribution in [0.5, 0.6) is 0 Å². The van der Waals surface area contributed by atoms with Gasteiger partial charge in [-0.3, -0.25) is 10.0 Å². The number of hydrogen-bond acceptors (Lipinski definition) is 2. The summed E-state index contributed by atoms with van der Waals surface area (Å²) in [5.41, 5.74) is 0. The molecule has 0 atom stereocenters. The van der Waals surface area contributed by atoms with Crippen LogP contribution in [0, 0.1) is 0 Å². The number of unbranched alkanes of at least 4 members (excludes halogenated alkanes) is 1. The SMILES string of the molecule is CC.CCCCC(=O)N(C)O. The molecule has 0 aliphatic carbocycles. The van der Waals surface area contributed by atoms with Gasteiger partial charge in [-0.05, 0) is 6.42 Å². The number of carbonyl (C=O) groups excluding carboxylic acids is 1. The summed E-state index contributed by atoms with van der Waals surface area (Å²) in [4.78, 5) is 10.6. The molecule has 0 rings (SSSR count). The molecule has 0 saturated heterocycles. The quantitative estimate of drug-likeness (QED) is 0.508. The third-order valence-electron chi connectivity index (χ3n) is 1.11. The summed E-state index contributed by atoms with van der Waals surface area (Å²) in [6.07, 6.45) is 2.28. The lowest BCUT2D eigenvalue weighted by atomic mass is 10.2. The largest absolute Gasteiger partial charge is 0.286 e. The number of rotatable bonds is 3. The molecule has 0 saturated carbocycles. The summed E-state index contributed by atoms with van der Waals surface area (Å²) >= 11 is 0. The molecule has 0 aliphatic rings. The highest BCUT2D eigenvalue weighted by Crippen LogP contribution is 1.95. The summed E-state index contributed by atoms with van der Waals surface area (Å²) < 4.78 is 0. The number of nitrogens with zero attached hydrogens (tertiary/aromatic N) is 1. The zero-order valence-corrected chi connectivity index (χ0v) is 7.92. The van der Waals surface area contributed by atoms with Crippen LogP contribution in [-0.2, 0) is 4.79 Å². The maximum atomic E-state index is 10.6. The Hall–Kier alpha value is -0.570. The lowest BCUT2D eigenvalue weighted by Gasteiger charge is -2.05. The van der Waals surface area contributed by atoms with Crippen molar-refractivity contribution in [3.63, 3.8) is 0 Å². The van der Waals surface area contributed by atoms with E-state index < -0.39 is 0 Å². The second kappa shape index (κ2) is 9.43. The minimum Gasteiger partial charge on any atom is -0.286 e. The Morgan fingerprint density at radius 3 is 2.18 bits per heavy atom. The van der Waals surface area contributed by atoms with Crippen molar-refractivity contribution in [2.24, 2.45) is 0 Å². The summed E-state index contributed by atoms with van der Waals surface area (Å²) in [5.74, 6) is -0.211. The summed E-state index contributed by atoms with van der Waals surface area (Å²) in [5, 5.41) is 9.17. The van der Waals surface area contributed by atoms with Crippen LogP contribution in [0.25, 0.3) is 0 Å². The number of carbonyl (C=O) groups is 1. The Labute approximate surface area is 69.0 Å². The van der Waals surface area contributed by atoms with E-state index in [1.807, 2.05) is 20.8 Å². The number of amides is 1. The summed E-state index contributed by atoms with van der Waals surface area (Å²) in [7, 11) is 1.35. The van der Waals surface area contributed by atoms with Crippen molar-refractivity contribution in [1.82, 2.24) is 5.06 Å². The van der Waals surface area contributed by atoms with Crippen molar-refractivity contribution < 1.29 is 10.0 Å². The van der Waals surface area contributed by atoms with E-state index in [1.165, 1.54) is 7.05 Å². The van der Waals surface area contributed by atoms with E-state index in [1.54, 1.807) is 0 Å². The maximum Gasteiger partial charge on any atom is 0.245 e. The molecule has 0 fully saturated rings. The van der Waals surface area contributed by atoms with Crippen LogP contribution in [0.15, 0.2) is 0 Å². The molecular formula is C8H19NO2. The Bertz CT molecular complexity index is 92.1. The summed E-state index contributed by atoms with van der Waals surface area (Å²) in [6, 6.07) is 0. The van der Waals surface area contributed by atoms with Crippen LogP contribution >= 0.6 is 0 Å². The van der Waals surface area contributed by atoms with Crippen LogP contribution in [0.2, 0.25) is 0 Å². The van der Waals surface area contributed by atoms with Gasteiger partial charge in [0.15, 0.2) is 0 Å². The van der Waals surface area contributed by atoms with Crippen molar-refractivity contribution in [3.05, 3.63) is 0 Å². The van der Waals surface area contributed by atoms with Crippen LogP contribution in [0.3, 0.4) is 0 Å². The van der Waals surface area contributed by atoms with E-state index in [0.717, 1.165) is 12.8 Å². The minimum absolute atomic E-state index is 0.211. The zero-order chi connectivity index (χ0) is 9.28. The van der Waals surface area contributed by atoms with Gasteiger partial charge in [0.05, 0.1) is 0 Å². The van der Waals surface area contributed by atoms with E-state index in [-0.39, 0.29) is 5.91 Å². The first kappa shape index (κ1) is 13.1. The normalized spacial score (nSPS) is 8.09. The Balaban J connectivity index is 0. The molecule has 3 heteroatoms. The molecule has 0 aromatic heterocycles. The molecule has 0 aromatic carbocycles. The van der Waals surface area contributed by atoms with Gasteiger partial charge in [-0.15, -0.1) is 0 Å². The molecule has 0 radical (unpaired) electrons. The minimum atomic E-state index is -0.211. The van der Waals surface area contributed by atoms with Crippen LogP contribution < -0.4 is 0 Å². The van der Waals surface area contributed by atoms with Crippen molar-refractivity contribution in [2.75, 3.05) is 7.05 Å². The second-order valence-corrected chi connectivity index (χ2v) is 2.02. The lowest BCUT2D eigenvalue weighted by Crippen LogP contribution is -2.21. The van der Waals surface area contributed by atoms with Gasteiger partial charge in [0.2, 0.25) is 5.91 Å². The van der Waals surface area contributed by atoms with E-state index in [2.05, 4.69) is 0 Å². The van der Waals surface area contributed by atoms with Gasteiger partial charge in [0, 0.05) is 13.5 Å². The second-order valence-electron chi connectivity index (χ2n) is 2.02. The molecule has 0 bridgehead atoms. The van der Waals surface area contributed by atoms with Gasteiger partial charge >= 0.3 is 0 Å². The molecule has 0 unspecified atom stereocenters. The predicted molar refractivity (Wildman–Crippen MR) is 45.4 cm³/mol. The van der Waals surface area contributed by atoms with Gasteiger partial charge in [0.25, 0.3) is 0 Å². The third-order valence-corrected chi connectivity index (χ3v) is 1.11. The van der Waals surface area contributed by atoms with Gasteiger partial charge < -0.3 is 0 Å². The van der Waals surface area contributed by atoms with Crippen molar-refractivity contribution >= 4 is 5.91 Å². The van der Waals surface area contributed by atoms with Gasteiger partial charge in [0.1, 0.15) is 0 Å². The molecule has 0 aliphatic heterocycles. The van der Waals surface area contributed by atoms with Gasteiger partial charge in [-0.1, -0.05) is 27.2 Å². The highest BCUT2D eigenvalue weighted by atomic mass is 16.5. The Morgan fingerprint density at radius 1 is 1.45 bits per heavy atom. The molecule has 68 valence electrons. The molecule has 11 heavy (non-hydrogen) atoms. The van der Waals surface area contributed by atoms with Crippen LogP contribution in [0.1, 0.15) is 40.0 Å². The van der Waals surface area contributed by atoms with E-state index in [0.29, 0.717) is 11.5 Å². The fourth-order valence-electron chi connectivity index (χ4n) is 0.490. The molecular weight excluding hydrogens is 142 g/mol. The number of hydrogen-bond donors (Lipinski definition) is 1. The molecule has 3 nitrogen and oxygen atoms in total. The van der Waals surface area contributed by atoms with Gasteiger partial charge in [-0.25, -0.2) is 5.06 Å². The summed E-state index contributed by atoms with van der Waals surface area (Å²) in [6.45, 7) is 6.00. The Kier molecular flexibility index (Phi) is 11.2. The molecule has 0 heterocycles. The average Bonchev–Trinajstić information content (AvgIpc) is 2.03. The number of hydroxylamine groups is 2.